The minimum absolute atomic E-state index is 0.0670. The van der Waals surface area contributed by atoms with Crippen molar-refractivity contribution < 1.29 is 14.8 Å². The van der Waals surface area contributed by atoms with Gasteiger partial charge in [0.25, 0.3) is 17.1 Å². The topological polar surface area (TPSA) is 142 Å². The van der Waals surface area contributed by atoms with Gasteiger partial charge in [0.1, 0.15) is 8.97 Å². The second kappa shape index (κ2) is 11.1. The highest BCUT2D eigenvalue weighted by Gasteiger charge is 2.45. The van der Waals surface area contributed by atoms with E-state index in [2.05, 4.69) is 4.40 Å². The van der Waals surface area contributed by atoms with Gasteiger partial charge in [-0.1, -0.05) is 59.9 Å². The zero-order chi connectivity index (χ0) is 25.7. The molecule has 0 amide bonds. The van der Waals surface area contributed by atoms with E-state index in [1.165, 1.54) is 41.7 Å². The van der Waals surface area contributed by atoms with Crippen molar-refractivity contribution in [2.45, 2.75) is 38.0 Å². The van der Waals surface area contributed by atoms with Crippen molar-refractivity contribution in [3.05, 3.63) is 103 Å². The maximum absolute atomic E-state index is 11.7. The fourth-order valence-corrected chi connectivity index (χ4v) is 7.89. The Kier molecular flexibility index (Phi) is 7.91. The van der Waals surface area contributed by atoms with Gasteiger partial charge >= 0.3 is 0 Å². The van der Waals surface area contributed by atoms with Crippen LogP contribution in [0.5, 0.6) is 0 Å². The van der Waals surface area contributed by atoms with Gasteiger partial charge in [-0.15, -0.1) is 0 Å². The second-order valence-electron chi connectivity index (χ2n) is 7.61. The zero-order valence-electron chi connectivity index (χ0n) is 18.5. The molecular formula is C23H18N4O6S3. The monoisotopic (exact) mass is 542 g/mol. The van der Waals surface area contributed by atoms with Crippen molar-refractivity contribution in [1.82, 2.24) is 0 Å². The van der Waals surface area contributed by atoms with Crippen LogP contribution in [0.1, 0.15) is 19.3 Å². The van der Waals surface area contributed by atoms with Crippen LogP contribution in [-0.2, 0) is 0 Å². The third-order valence-corrected chi connectivity index (χ3v) is 9.37. The molecule has 184 valence electrons. The van der Waals surface area contributed by atoms with E-state index in [1.807, 2.05) is 0 Å². The molecule has 0 aromatic heterocycles. The minimum atomic E-state index is -0.880. The molecule has 0 bridgehead atoms. The average molecular weight is 543 g/mol. The molecule has 10 nitrogen and oxygen atoms in total. The molecule has 36 heavy (non-hydrogen) atoms. The third kappa shape index (κ3) is 5.53. The Hall–Kier alpha value is -3.42. The molecule has 3 aromatic rings. The van der Waals surface area contributed by atoms with E-state index in [0.717, 1.165) is 11.9 Å². The van der Waals surface area contributed by atoms with Crippen LogP contribution in [0.25, 0.3) is 0 Å². The summed E-state index contributed by atoms with van der Waals surface area (Å²) in [5, 5.41) is 34.8. The van der Waals surface area contributed by atoms with E-state index >= 15 is 0 Å². The lowest BCUT2D eigenvalue weighted by Crippen LogP contribution is -2.25. The van der Waals surface area contributed by atoms with Gasteiger partial charge in [0.2, 0.25) is 0 Å². The van der Waals surface area contributed by atoms with Crippen LogP contribution in [0.4, 0.5) is 17.1 Å². The summed E-state index contributed by atoms with van der Waals surface area (Å²) in [4.78, 5) is 34.6. The summed E-state index contributed by atoms with van der Waals surface area (Å²) in [7, 11) is 0. The molecule has 1 aliphatic carbocycles. The summed E-state index contributed by atoms with van der Waals surface area (Å²) in [6.07, 6.45) is 1.81. The van der Waals surface area contributed by atoms with Crippen molar-refractivity contribution in [3.63, 3.8) is 0 Å². The van der Waals surface area contributed by atoms with Crippen LogP contribution < -0.4 is 0 Å². The van der Waals surface area contributed by atoms with Gasteiger partial charge in [-0.25, -0.2) is 4.40 Å². The molecule has 0 saturated heterocycles. The number of nitro groups is 3. The quantitative estimate of drug-likeness (QED) is 0.117. The molecule has 3 aromatic carbocycles. The van der Waals surface area contributed by atoms with Gasteiger partial charge in [0.05, 0.1) is 30.3 Å². The van der Waals surface area contributed by atoms with Crippen LogP contribution in [0, 0.1) is 30.3 Å². The van der Waals surface area contributed by atoms with E-state index in [1.54, 1.807) is 54.6 Å². The molecule has 0 radical (unpaired) electrons. The molecule has 4 rings (SSSR count). The minimum Gasteiger partial charge on any atom is -0.258 e. The van der Waals surface area contributed by atoms with Crippen molar-refractivity contribution in [1.29, 1.82) is 0 Å². The Morgan fingerprint density at radius 3 is 1.56 bits per heavy atom. The molecule has 0 spiro atoms. The first kappa shape index (κ1) is 25.7. The van der Waals surface area contributed by atoms with Gasteiger partial charge in [-0.05, 0) is 37.5 Å². The lowest BCUT2D eigenvalue weighted by Gasteiger charge is -2.28. The summed E-state index contributed by atoms with van der Waals surface area (Å²) in [6.45, 7) is 0. The van der Waals surface area contributed by atoms with Crippen LogP contribution in [-0.4, -0.2) is 24.6 Å². The van der Waals surface area contributed by atoms with Gasteiger partial charge in [0, 0.05) is 30.1 Å². The van der Waals surface area contributed by atoms with E-state index in [9.17, 15) is 30.3 Å². The second-order valence-corrected chi connectivity index (χ2v) is 11.4. The van der Waals surface area contributed by atoms with Crippen molar-refractivity contribution >= 4 is 58.2 Å². The molecule has 0 heterocycles. The Balaban J connectivity index is 1.79. The van der Waals surface area contributed by atoms with E-state index in [-0.39, 0.29) is 17.1 Å². The fraction of sp³-hybridized carbons (Fsp3) is 0.174. The molecule has 13 heteroatoms. The first-order valence-electron chi connectivity index (χ1n) is 10.6. The molecule has 1 fully saturated rings. The number of hydrogen-bond donors (Lipinski definition) is 0. The van der Waals surface area contributed by atoms with Gasteiger partial charge < -0.3 is 0 Å². The third-order valence-electron chi connectivity index (χ3n) is 5.35. The van der Waals surface area contributed by atoms with Crippen LogP contribution in [0.2, 0.25) is 0 Å². The Labute approximate surface area is 218 Å². The highest BCUT2D eigenvalue weighted by molar-refractivity contribution is 8.19. The number of para-hydroxylation sites is 3. The van der Waals surface area contributed by atoms with Gasteiger partial charge in [-0.3, -0.25) is 30.3 Å². The highest BCUT2D eigenvalue weighted by Crippen LogP contribution is 2.56. The predicted octanol–water partition coefficient (Wildman–Crippen LogP) is 7.32. The van der Waals surface area contributed by atoms with Gasteiger partial charge in [0.15, 0.2) is 0 Å². The molecule has 0 unspecified atom stereocenters. The van der Waals surface area contributed by atoms with E-state index in [0.29, 0.717) is 39.7 Å². The standard InChI is InChI=1S/C23H18N4O6S3/c28-25(29)16-8-1-4-11-19(16)34-23(35-20-12-5-2-9-17(20)26(30)31)15-7-14-22(23)24-36-21-13-6-3-10-18(21)27(32)33/h1-6,8-13H,7,14-15H2/b24-22+. The first-order chi connectivity index (χ1) is 17.3. The smallest absolute Gasteiger partial charge is 0.258 e. The summed E-state index contributed by atoms with van der Waals surface area (Å²) in [6, 6.07) is 19.0. The SMILES string of the molecule is O=[N+]([O-])c1ccccc1S/N=C1\CCCC1(Sc1ccccc1[N+](=O)[O-])Sc1ccccc1[N+](=O)[O-]. The molecule has 1 aliphatic rings. The van der Waals surface area contributed by atoms with Crippen molar-refractivity contribution in [2.24, 2.45) is 4.40 Å². The van der Waals surface area contributed by atoms with Crippen LogP contribution in [0.15, 0.2) is 91.9 Å². The van der Waals surface area contributed by atoms with Crippen molar-refractivity contribution in [2.75, 3.05) is 0 Å². The summed E-state index contributed by atoms with van der Waals surface area (Å²) >= 11 is 3.46. The number of rotatable bonds is 9. The summed E-state index contributed by atoms with van der Waals surface area (Å²) < 4.78 is 3.80. The first-order valence-corrected chi connectivity index (χ1v) is 13.0. The number of nitro benzene ring substituents is 3. The Morgan fingerprint density at radius 2 is 1.08 bits per heavy atom. The maximum atomic E-state index is 11.7. The maximum Gasteiger partial charge on any atom is 0.284 e. The average Bonchev–Trinajstić information content (AvgIpc) is 3.24. The van der Waals surface area contributed by atoms with Crippen LogP contribution in [0.3, 0.4) is 0 Å². The van der Waals surface area contributed by atoms with E-state index in [4.69, 9.17) is 0 Å². The number of thioether (sulfide) groups is 2. The predicted molar refractivity (Wildman–Crippen MR) is 141 cm³/mol. The summed E-state index contributed by atoms with van der Waals surface area (Å²) in [5.41, 5.74) is 0.454. The van der Waals surface area contributed by atoms with Gasteiger partial charge in [-0.2, -0.15) is 0 Å². The number of nitrogens with zero attached hydrogens (tertiary/aromatic N) is 4. The Bertz CT molecular complexity index is 1310. The zero-order valence-corrected chi connectivity index (χ0v) is 21.0. The van der Waals surface area contributed by atoms with Crippen molar-refractivity contribution in [3.8, 4) is 0 Å². The molecule has 0 aliphatic heterocycles. The summed E-state index contributed by atoms with van der Waals surface area (Å²) in [5.74, 6) is 0. The van der Waals surface area contributed by atoms with E-state index < -0.39 is 18.8 Å². The molecular weight excluding hydrogens is 524 g/mol. The fourth-order valence-electron chi connectivity index (χ4n) is 3.71. The highest BCUT2D eigenvalue weighted by atomic mass is 32.2. The molecule has 0 N–H and O–H groups in total. The largest absolute Gasteiger partial charge is 0.284 e. The molecule has 0 atom stereocenters. The normalized spacial score (nSPS) is 15.6. The lowest BCUT2D eigenvalue weighted by molar-refractivity contribution is -0.387. The molecule has 1 saturated carbocycles. The Morgan fingerprint density at radius 1 is 0.667 bits per heavy atom. The number of benzene rings is 3. The lowest BCUT2D eigenvalue weighted by atomic mass is 10.3. The number of hydrogen-bond acceptors (Lipinski definition) is 10. The van der Waals surface area contributed by atoms with Crippen LogP contribution >= 0.6 is 35.5 Å².